The minimum Gasteiger partial charge on any atom is -0.486 e. The normalized spacial score (nSPS) is 12.2. The lowest BCUT2D eigenvalue weighted by atomic mass is 10.1. The van der Waals surface area contributed by atoms with Crippen molar-refractivity contribution >= 4 is 0 Å². The smallest absolute Gasteiger partial charge is 0.131 e. The minimum atomic E-state index is -0.339. The highest BCUT2D eigenvalue weighted by Crippen LogP contribution is 2.26. The number of nitrogens with two attached hydrogens (primary N) is 1. The van der Waals surface area contributed by atoms with Gasteiger partial charge in [-0.3, -0.25) is 4.98 Å². The molecule has 2 aromatic rings. The Labute approximate surface area is 105 Å². The lowest BCUT2D eigenvalue weighted by Gasteiger charge is -2.17. The number of pyridine rings is 1. The number of ether oxygens (including phenoxy) is 1. The van der Waals surface area contributed by atoms with Gasteiger partial charge in [0.2, 0.25) is 0 Å². The third-order valence-electron chi connectivity index (χ3n) is 2.74. The van der Waals surface area contributed by atoms with Crippen molar-refractivity contribution < 1.29 is 9.13 Å². The van der Waals surface area contributed by atoms with Gasteiger partial charge in [0.1, 0.15) is 17.7 Å². The summed E-state index contributed by atoms with van der Waals surface area (Å²) in [5.74, 6) is 0.141. The standard InChI is InChI=1S/C14H15FN2O/c1-10(11-4-3-7-17-9-11)18-14-6-2-5-13(15)12(14)8-16/h2-7,9-10H,8,16H2,1H3. The van der Waals surface area contributed by atoms with Gasteiger partial charge in [0.15, 0.2) is 0 Å². The Morgan fingerprint density at radius 3 is 2.83 bits per heavy atom. The highest BCUT2D eigenvalue weighted by atomic mass is 19.1. The van der Waals surface area contributed by atoms with E-state index >= 15 is 0 Å². The Balaban J connectivity index is 2.22. The summed E-state index contributed by atoms with van der Waals surface area (Å²) in [5, 5.41) is 0. The fourth-order valence-electron chi connectivity index (χ4n) is 1.72. The summed E-state index contributed by atoms with van der Waals surface area (Å²) in [6.45, 7) is 2.00. The second-order valence-corrected chi connectivity index (χ2v) is 3.97. The highest BCUT2D eigenvalue weighted by Gasteiger charge is 2.12. The highest BCUT2D eigenvalue weighted by molar-refractivity contribution is 5.35. The molecule has 1 unspecified atom stereocenters. The van der Waals surface area contributed by atoms with Gasteiger partial charge in [0.05, 0.1) is 0 Å². The first-order valence-corrected chi connectivity index (χ1v) is 5.76. The summed E-state index contributed by atoms with van der Waals surface area (Å²) in [6, 6.07) is 8.46. The van der Waals surface area contributed by atoms with Crippen molar-refractivity contribution in [2.45, 2.75) is 19.6 Å². The maximum atomic E-state index is 13.5. The number of rotatable bonds is 4. The van der Waals surface area contributed by atoms with E-state index in [4.69, 9.17) is 10.5 Å². The van der Waals surface area contributed by atoms with Crippen molar-refractivity contribution in [2.75, 3.05) is 0 Å². The molecule has 1 atom stereocenters. The largest absolute Gasteiger partial charge is 0.486 e. The predicted molar refractivity (Wildman–Crippen MR) is 67.6 cm³/mol. The van der Waals surface area contributed by atoms with Gasteiger partial charge in [-0.25, -0.2) is 4.39 Å². The molecule has 1 aromatic heterocycles. The molecule has 0 bridgehead atoms. The van der Waals surface area contributed by atoms with Gasteiger partial charge >= 0.3 is 0 Å². The zero-order valence-electron chi connectivity index (χ0n) is 10.1. The van der Waals surface area contributed by atoms with Crippen LogP contribution in [0.15, 0.2) is 42.7 Å². The molecule has 3 nitrogen and oxygen atoms in total. The van der Waals surface area contributed by atoms with Crippen LogP contribution < -0.4 is 10.5 Å². The lowest BCUT2D eigenvalue weighted by Crippen LogP contribution is -2.08. The van der Waals surface area contributed by atoms with Crippen LogP contribution in [0.5, 0.6) is 5.75 Å². The molecule has 2 rings (SSSR count). The van der Waals surface area contributed by atoms with Crippen LogP contribution in [0.2, 0.25) is 0 Å². The molecule has 0 fully saturated rings. The summed E-state index contributed by atoms with van der Waals surface area (Å²) in [7, 11) is 0. The van der Waals surface area contributed by atoms with E-state index in [1.54, 1.807) is 24.5 Å². The maximum absolute atomic E-state index is 13.5. The lowest BCUT2D eigenvalue weighted by molar-refractivity contribution is 0.223. The van der Waals surface area contributed by atoms with Crippen LogP contribution in [0.3, 0.4) is 0 Å². The van der Waals surface area contributed by atoms with E-state index in [0.29, 0.717) is 11.3 Å². The zero-order chi connectivity index (χ0) is 13.0. The molecule has 2 N–H and O–H groups in total. The molecule has 4 heteroatoms. The first kappa shape index (κ1) is 12.5. The van der Waals surface area contributed by atoms with E-state index in [-0.39, 0.29) is 18.5 Å². The summed E-state index contributed by atoms with van der Waals surface area (Å²) in [4.78, 5) is 4.03. The van der Waals surface area contributed by atoms with Crippen molar-refractivity contribution in [3.05, 3.63) is 59.7 Å². The molecule has 0 amide bonds. The van der Waals surface area contributed by atoms with Crippen molar-refractivity contribution in [2.24, 2.45) is 5.73 Å². The van der Waals surface area contributed by atoms with E-state index < -0.39 is 0 Å². The number of hydrogen-bond acceptors (Lipinski definition) is 3. The Kier molecular flexibility index (Phi) is 3.89. The molecule has 1 aromatic carbocycles. The molecule has 0 aliphatic heterocycles. The van der Waals surface area contributed by atoms with Crippen molar-refractivity contribution in [3.63, 3.8) is 0 Å². The van der Waals surface area contributed by atoms with Crippen LogP contribution in [0, 0.1) is 5.82 Å². The predicted octanol–water partition coefficient (Wildman–Crippen LogP) is 2.82. The van der Waals surface area contributed by atoms with E-state index in [0.717, 1.165) is 5.56 Å². The molecule has 0 saturated heterocycles. The second kappa shape index (κ2) is 5.60. The fourth-order valence-corrected chi connectivity index (χ4v) is 1.72. The molecule has 1 heterocycles. The molecule has 0 saturated carbocycles. The molecular formula is C14H15FN2O. The van der Waals surface area contributed by atoms with Crippen molar-refractivity contribution in [1.29, 1.82) is 0 Å². The van der Waals surface area contributed by atoms with Crippen molar-refractivity contribution in [1.82, 2.24) is 4.98 Å². The average molecular weight is 246 g/mol. The fraction of sp³-hybridized carbons (Fsp3) is 0.214. The van der Waals surface area contributed by atoms with E-state index in [9.17, 15) is 4.39 Å². The summed E-state index contributed by atoms with van der Waals surface area (Å²) in [6.07, 6.45) is 3.22. The van der Waals surface area contributed by atoms with Crippen LogP contribution in [-0.2, 0) is 6.54 Å². The van der Waals surface area contributed by atoms with E-state index in [2.05, 4.69) is 4.98 Å². The van der Waals surface area contributed by atoms with Gasteiger partial charge in [0, 0.05) is 30.1 Å². The van der Waals surface area contributed by atoms with Crippen LogP contribution in [0.1, 0.15) is 24.2 Å². The van der Waals surface area contributed by atoms with Crippen LogP contribution in [0.25, 0.3) is 0 Å². The Bertz CT molecular complexity index is 516. The first-order valence-electron chi connectivity index (χ1n) is 5.76. The van der Waals surface area contributed by atoms with Gasteiger partial charge in [-0.1, -0.05) is 12.1 Å². The molecule has 0 spiro atoms. The van der Waals surface area contributed by atoms with Crippen LogP contribution in [0.4, 0.5) is 4.39 Å². The maximum Gasteiger partial charge on any atom is 0.131 e. The number of aromatic nitrogens is 1. The number of benzene rings is 1. The molecule has 94 valence electrons. The summed E-state index contributed by atoms with van der Waals surface area (Å²) < 4.78 is 19.3. The number of hydrogen-bond donors (Lipinski definition) is 1. The van der Waals surface area contributed by atoms with Crippen molar-refractivity contribution in [3.8, 4) is 5.75 Å². The second-order valence-electron chi connectivity index (χ2n) is 3.97. The van der Waals surface area contributed by atoms with Gasteiger partial charge in [0.25, 0.3) is 0 Å². The van der Waals surface area contributed by atoms with Gasteiger partial charge in [-0.2, -0.15) is 0 Å². The Morgan fingerprint density at radius 2 is 2.17 bits per heavy atom. The third-order valence-corrected chi connectivity index (χ3v) is 2.74. The quantitative estimate of drug-likeness (QED) is 0.902. The topological polar surface area (TPSA) is 48.1 Å². The SMILES string of the molecule is CC(Oc1cccc(F)c1CN)c1cccnc1. The molecule has 0 aliphatic carbocycles. The number of nitrogens with zero attached hydrogens (tertiary/aromatic N) is 1. The van der Waals surface area contributed by atoms with Crippen LogP contribution in [-0.4, -0.2) is 4.98 Å². The third kappa shape index (κ3) is 2.65. The first-order chi connectivity index (χ1) is 8.72. The molecular weight excluding hydrogens is 231 g/mol. The molecule has 0 radical (unpaired) electrons. The minimum absolute atomic E-state index is 0.113. The van der Waals surface area contributed by atoms with E-state index in [1.165, 1.54) is 6.07 Å². The van der Waals surface area contributed by atoms with Crippen LogP contribution >= 0.6 is 0 Å². The average Bonchev–Trinajstić information content (AvgIpc) is 2.40. The van der Waals surface area contributed by atoms with Gasteiger partial charge in [-0.05, 0) is 25.1 Å². The van der Waals surface area contributed by atoms with E-state index in [1.807, 2.05) is 19.1 Å². The number of halogens is 1. The van der Waals surface area contributed by atoms with Gasteiger partial charge in [-0.15, -0.1) is 0 Å². The molecule has 18 heavy (non-hydrogen) atoms. The molecule has 0 aliphatic rings. The summed E-state index contributed by atoms with van der Waals surface area (Å²) in [5.41, 5.74) is 6.86. The Morgan fingerprint density at radius 1 is 1.33 bits per heavy atom. The monoisotopic (exact) mass is 246 g/mol. The van der Waals surface area contributed by atoms with Gasteiger partial charge < -0.3 is 10.5 Å². The summed E-state index contributed by atoms with van der Waals surface area (Å²) >= 11 is 0. The zero-order valence-corrected chi connectivity index (χ0v) is 10.1. The Hall–Kier alpha value is -1.94.